The highest BCUT2D eigenvalue weighted by Gasteiger charge is 2.39. The number of nitrogens with one attached hydrogen (secondary N) is 2. The van der Waals surface area contributed by atoms with Crippen LogP contribution in [0.2, 0.25) is 0 Å². The second-order valence-electron chi connectivity index (χ2n) is 16.3. The van der Waals surface area contributed by atoms with Crippen molar-refractivity contribution in [1.82, 2.24) is 10.2 Å². The van der Waals surface area contributed by atoms with Crippen molar-refractivity contribution in [3.8, 4) is 11.1 Å². The molecule has 2 aliphatic rings. The number of esters is 1. The summed E-state index contributed by atoms with van der Waals surface area (Å²) < 4.78 is 19.0. The van der Waals surface area contributed by atoms with Crippen molar-refractivity contribution in [2.24, 2.45) is 0 Å². The van der Waals surface area contributed by atoms with Gasteiger partial charge in [0, 0.05) is 37.9 Å². The minimum Gasteiger partial charge on any atom is -0.459 e. The van der Waals surface area contributed by atoms with Gasteiger partial charge in [-0.15, -0.1) is 0 Å². The number of hydrogen-bond donors (Lipinski definition) is 4. The van der Waals surface area contributed by atoms with E-state index in [0.717, 1.165) is 59.2 Å². The Labute approximate surface area is 342 Å². The van der Waals surface area contributed by atoms with E-state index in [1.807, 2.05) is 87.5 Å². The second kappa shape index (κ2) is 20.1. The summed E-state index contributed by atoms with van der Waals surface area (Å²) in [5.41, 5.74) is 12.3. The lowest BCUT2D eigenvalue weighted by Gasteiger charge is -2.38. The number of ether oxygens (including phenoxy) is 3. The molecule has 0 aromatic heterocycles. The molecule has 0 bridgehead atoms. The van der Waals surface area contributed by atoms with Crippen LogP contribution < -0.4 is 16.4 Å². The van der Waals surface area contributed by atoms with Gasteiger partial charge in [0.25, 0.3) is 0 Å². The molecule has 4 unspecified atom stereocenters. The van der Waals surface area contributed by atoms with Crippen LogP contribution in [0.15, 0.2) is 97.1 Å². The van der Waals surface area contributed by atoms with Gasteiger partial charge >= 0.3 is 5.97 Å². The molecule has 2 saturated heterocycles. The maximum absolute atomic E-state index is 13.1. The monoisotopic (exact) mass is 790 g/mol. The Balaban J connectivity index is 1.05. The minimum atomic E-state index is -0.635. The fraction of sp³-hybridized carbons (Fsp3) is 0.426. The van der Waals surface area contributed by atoms with E-state index in [1.54, 1.807) is 12.1 Å². The fourth-order valence-electron chi connectivity index (χ4n) is 7.61. The summed E-state index contributed by atoms with van der Waals surface area (Å²) in [6.07, 6.45) is 4.12. The Hall–Kier alpha value is -5.07. The molecule has 58 heavy (non-hydrogen) atoms. The van der Waals surface area contributed by atoms with E-state index < -0.39 is 11.9 Å². The zero-order valence-corrected chi connectivity index (χ0v) is 34.0. The molecule has 2 fully saturated rings. The van der Waals surface area contributed by atoms with Crippen molar-refractivity contribution >= 4 is 29.2 Å². The maximum atomic E-state index is 13.1. The Kier molecular flexibility index (Phi) is 14.7. The summed E-state index contributed by atoms with van der Waals surface area (Å²) in [6.45, 7) is 7.42. The molecule has 5 N–H and O–H groups in total. The van der Waals surface area contributed by atoms with Gasteiger partial charge in [0.05, 0.1) is 30.2 Å². The van der Waals surface area contributed by atoms with E-state index in [1.165, 1.54) is 0 Å². The number of nitrogens with two attached hydrogens (primary N) is 1. The summed E-state index contributed by atoms with van der Waals surface area (Å²) in [4.78, 5) is 40.4. The molecule has 0 radical (unpaired) electrons. The number of aliphatic hydroxyl groups excluding tert-OH is 1. The van der Waals surface area contributed by atoms with Gasteiger partial charge in [0.2, 0.25) is 11.8 Å². The first-order valence-corrected chi connectivity index (χ1v) is 20.5. The van der Waals surface area contributed by atoms with Gasteiger partial charge in [0.1, 0.15) is 11.6 Å². The third-order valence-electron chi connectivity index (χ3n) is 10.6. The van der Waals surface area contributed by atoms with Gasteiger partial charge in [0.15, 0.2) is 6.29 Å². The van der Waals surface area contributed by atoms with Crippen molar-refractivity contribution in [3.05, 3.63) is 119 Å². The number of rotatable bonds is 16. The zero-order chi connectivity index (χ0) is 41.1. The van der Waals surface area contributed by atoms with Gasteiger partial charge in [-0.25, -0.2) is 0 Å². The van der Waals surface area contributed by atoms with Crippen LogP contribution in [0.4, 0.5) is 11.4 Å². The van der Waals surface area contributed by atoms with E-state index in [4.69, 9.17) is 19.9 Å². The number of aliphatic hydroxyl groups is 1. The number of benzene rings is 4. The molecule has 0 aliphatic carbocycles. The summed E-state index contributed by atoms with van der Waals surface area (Å²) in [5, 5.41) is 15.5. The molecule has 4 atom stereocenters. The molecule has 2 aliphatic heterocycles. The summed E-state index contributed by atoms with van der Waals surface area (Å²) in [7, 11) is 0. The molecule has 0 saturated carbocycles. The predicted molar refractivity (Wildman–Crippen MR) is 225 cm³/mol. The number of likely N-dealkylation sites (tertiary alicyclic amines) is 1. The van der Waals surface area contributed by atoms with Gasteiger partial charge in [-0.1, -0.05) is 91.3 Å². The molecule has 308 valence electrons. The van der Waals surface area contributed by atoms with Gasteiger partial charge in [-0.05, 0) is 92.9 Å². The van der Waals surface area contributed by atoms with E-state index in [0.29, 0.717) is 56.6 Å². The first-order chi connectivity index (χ1) is 28.0. The lowest BCUT2D eigenvalue weighted by Crippen LogP contribution is -2.45. The first kappa shape index (κ1) is 42.5. The van der Waals surface area contributed by atoms with Crippen LogP contribution in [0.25, 0.3) is 11.1 Å². The maximum Gasteiger partial charge on any atom is 0.323 e. The SMILES string of the molecule is CC(C)(C)OC(=O)C1CCCN1CC1CC(c2ccc(CO)cc2)OC(c2ccc(-c3ccccc3CNC(=O)CCCCCC(=O)Nc3ccccc3N)cc2)O1. The Bertz CT molecular complexity index is 1980. The number of amides is 2. The van der Waals surface area contributed by atoms with Crippen molar-refractivity contribution in [2.75, 3.05) is 24.1 Å². The van der Waals surface area contributed by atoms with Crippen LogP contribution in [0.1, 0.15) is 107 Å². The number of nitrogen functional groups attached to an aromatic ring is 1. The molecule has 11 nitrogen and oxygen atoms in total. The molecule has 11 heteroatoms. The van der Waals surface area contributed by atoms with E-state index in [9.17, 15) is 19.5 Å². The standard InChI is InChI=1S/C47H58N4O7/c1-47(2,3)58-45(55)41-16-11-27-51(41)30-37-28-42(34-21-19-32(31-52)20-22-34)57-46(56-37)35-25-23-33(24-26-35)38-13-8-7-12-36(38)29-49-43(53)17-5-4-6-18-44(54)50-40-15-10-9-14-39(40)48/h7-10,12-15,19-26,37,41-42,46,52H,4-6,11,16-18,27-31,48H2,1-3H3,(H,49,53)(H,50,54). The van der Waals surface area contributed by atoms with E-state index >= 15 is 0 Å². The molecular formula is C47H58N4O7. The highest BCUT2D eigenvalue weighted by atomic mass is 16.7. The molecule has 6 rings (SSSR count). The Morgan fingerprint density at radius 3 is 2.26 bits per heavy atom. The van der Waals surface area contributed by atoms with Gasteiger partial charge < -0.3 is 35.7 Å². The molecule has 2 amide bonds. The zero-order valence-electron chi connectivity index (χ0n) is 34.0. The topological polar surface area (TPSA) is 152 Å². The van der Waals surface area contributed by atoms with Crippen LogP contribution in [0.5, 0.6) is 0 Å². The van der Waals surface area contributed by atoms with Crippen LogP contribution in [-0.4, -0.2) is 58.6 Å². The average molecular weight is 791 g/mol. The lowest BCUT2D eigenvalue weighted by atomic mass is 9.97. The second-order valence-corrected chi connectivity index (χ2v) is 16.3. The molecule has 0 spiro atoms. The number of para-hydroxylation sites is 2. The largest absolute Gasteiger partial charge is 0.459 e. The molecular weight excluding hydrogens is 733 g/mol. The highest BCUT2D eigenvalue weighted by Crippen LogP contribution is 2.39. The normalized spacial score (nSPS) is 19.7. The summed E-state index contributed by atoms with van der Waals surface area (Å²) in [6, 6.07) is 30.9. The molecule has 4 aromatic rings. The number of unbranched alkanes of at least 4 members (excludes halogenated alkanes) is 2. The highest BCUT2D eigenvalue weighted by molar-refractivity contribution is 5.93. The van der Waals surface area contributed by atoms with Crippen molar-refractivity contribution < 1.29 is 33.7 Å². The number of nitrogens with zero attached hydrogens (tertiary/aromatic N) is 1. The van der Waals surface area contributed by atoms with Crippen molar-refractivity contribution in [3.63, 3.8) is 0 Å². The van der Waals surface area contributed by atoms with Crippen LogP contribution in [-0.2, 0) is 41.7 Å². The van der Waals surface area contributed by atoms with Crippen LogP contribution >= 0.6 is 0 Å². The average Bonchev–Trinajstić information content (AvgIpc) is 3.68. The number of hydrogen-bond acceptors (Lipinski definition) is 9. The van der Waals surface area contributed by atoms with Crippen LogP contribution in [0, 0.1) is 0 Å². The van der Waals surface area contributed by atoms with Gasteiger partial charge in [-0.3, -0.25) is 19.3 Å². The molecule has 4 aromatic carbocycles. The number of carbonyl (C=O) groups is 3. The summed E-state index contributed by atoms with van der Waals surface area (Å²) in [5.74, 6) is -0.305. The minimum absolute atomic E-state index is 0.0280. The molecule has 2 heterocycles. The Morgan fingerprint density at radius 1 is 0.845 bits per heavy atom. The fourth-order valence-corrected chi connectivity index (χ4v) is 7.61. The van der Waals surface area contributed by atoms with Gasteiger partial charge in [-0.2, -0.15) is 0 Å². The van der Waals surface area contributed by atoms with E-state index in [2.05, 4.69) is 33.7 Å². The number of anilines is 2. The smallest absolute Gasteiger partial charge is 0.323 e. The van der Waals surface area contributed by atoms with Crippen LogP contribution in [0.3, 0.4) is 0 Å². The van der Waals surface area contributed by atoms with Crippen molar-refractivity contribution in [2.45, 2.75) is 115 Å². The predicted octanol–water partition coefficient (Wildman–Crippen LogP) is 7.99. The summed E-state index contributed by atoms with van der Waals surface area (Å²) >= 11 is 0. The van der Waals surface area contributed by atoms with Crippen molar-refractivity contribution in [1.29, 1.82) is 0 Å². The third kappa shape index (κ3) is 12.0. The lowest BCUT2D eigenvalue weighted by molar-refractivity contribution is -0.253. The third-order valence-corrected chi connectivity index (χ3v) is 10.6. The van der Waals surface area contributed by atoms with E-state index in [-0.39, 0.29) is 42.6 Å². The Morgan fingerprint density at radius 2 is 1.53 bits per heavy atom. The first-order valence-electron chi connectivity index (χ1n) is 20.5. The quantitative estimate of drug-likeness (QED) is 0.0503. The number of carbonyl (C=O) groups excluding carboxylic acids is 3.